The van der Waals surface area contributed by atoms with Crippen LogP contribution in [0.5, 0.6) is 0 Å². The van der Waals surface area contributed by atoms with E-state index < -0.39 is 5.60 Å². The highest BCUT2D eigenvalue weighted by Gasteiger charge is 2.39. The highest BCUT2D eigenvalue weighted by Crippen LogP contribution is 2.38. The van der Waals surface area contributed by atoms with E-state index in [-0.39, 0.29) is 11.5 Å². The summed E-state index contributed by atoms with van der Waals surface area (Å²) < 4.78 is 5.41. The predicted octanol–water partition coefficient (Wildman–Crippen LogP) is 1.17. The molecule has 0 aromatic rings. The number of likely N-dealkylation sites (N-methyl/N-ethyl adjacent to an activating group) is 1. The van der Waals surface area contributed by atoms with E-state index in [1.807, 2.05) is 0 Å². The Morgan fingerprint density at radius 3 is 2.38 bits per heavy atom. The minimum atomic E-state index is -0.843. The number of rotatable bonds is 5. The first-order valence-electron chi connectivity index (χ1n) is 5.79. The van der Waals surface area contributed by atoms with E-state index in [1.165, 1.54) is 0 Å². The van der Waals surface area contributed by atoms with Gasteiger partial charge in [0, 0.05) is 20.7 Å². The number of ether oxygens (including phenoxy) is 1. The molecule has 94 valence electrons. The summed E-state index contributed by atoms with van der Waals surface area (Å²) in [5.74, 6) is 0.0451. The number of hydrogen-bond donors (Lipinski definition) is 1. The summed E-state index contributed by atoms with van der Waals surface area (Å²) in [5.41, 5.74) is -1.07. The van der Waals surface area contributed by atoms with Crippen LogP contribution in [0.1, 0.15) is 39.5 Å². The molecule has 1 rings (SSSR count). The Morgan fingerprint density at radius 1 is 1.50 bits per heavy atom. The molecule has 1 saturated carbocycles. The van der Waals surface area contributed by atoms with Gasteiger partial charge in [-0.1, -0.05) is 0 Å². The van der Waals surface area contributed by atoms with E-state index in [1.54, 1.807) is 32.9 Å². The third-order valence-corrected chi connectivity index (χ3v) is 3.22. The molecule has 0 bridgehead atoms. The Hall–Kier alpha value is -0.610. The second-order valence-electron chi connectivity index (χ2n) is 5.48. The molecule has 1 aliphatic carbocycles. The number of aliphatic hydroxyl groups is 1. The van der Waals surface area contributed by atoms with E-state index in [9.17, 15) is 9.90 Å². The molecule has 0 heterocycles. The SMILES string of the molecule is COC1(CC(=O)N(C)CC(C)(C)O)CCC1. The maximum Gasteiger partial charge on any atom is 0.225 e. The van der Waals surface area contributed by atoms with Crippen molar-refractivity contribution >= 4 is 5.91 Å². The summed E-state index contributed by atoms with van der Waals surface area (Å²) in [6, 6.07) is 0. The molecular weight excluding hydrogens is 206 g/mol. The Kier molecular flexibility index (Phi) is 3.97. The minimum Gasteiger partial charge on any atom is -0.389 e. The number of hydrogen-bond acceptors (Lipinski definition) is 3. The zero-order chi connectivity index (χ0) is 12.4. The quantitative estimate of drug-likeness (QED) is 0.770. The monoisotopic (exact) mass is 229 g/mol. The Bertz CT molecular complexity index is 248. The van der Waals surface area contributed by atoms with Crippen LogP contribution < -0.4 is 0 Å². The third kappa shape index (κ3) is 3.46. The molecule has 1 aliphatic rings. The molecule has 1 N–H and O–H groups in total. The molecule has 0 saturated heterocycles. The van der Waals surface area contributed by atoms with Gasteiger partial charge in [0.15, 0.2) is 0 Å². The first-order chi connectivity index (χ1) is 7.28. The van der Waals surface area contributed by atoms with Crippen LogP contribution in [0.2, 0.25) is 0 Å². The maximum atomic E-state index is 11.9. The van der Waals surface area contributed by atoms with Crippen molar-refractivity contribution in [3.8, 4) is 0 Å². The number of carbonyl (C=O) groups excluding carboxylic acids is 1. The second kappa shape index (κ2) is 4.72. The summed E-state index contributed by atoms with van der Waals surface area (Å²) >= 11 is 0. The van der Waals surface area contributed by atoms with Gasteiger partial charge in [-0.2, -0.15) is 0 Å². The lowest BCUT2D eigenvalue weighted by Crippen LogP contribution is -2.46. The second-order valence-corrected chi connectivity index (χ2v) is 5.48. The average molecular weight is 229 g/mol. The standard InChI is InChI=1S/C12H23NO3/c1-11(2,15)9-13(3)10(14)8-12(16-4)6-5-7-12/h15H,5-9H2,1-4H3. The lowest BCUT2D eigenvalue weighted by molar-refractivity contribution is -0.145. The largest absolute Gasteiger partial charge is 0.389 e. The van der Waals surface area contributed by atoms with E-state index >= 15 is 0 Å². The molecule has 0 radical (unpaired) electrons. The van der Waals surface area contributed by atoms with Crippen LogP contribution in [0, 0.1) is 0 Å². The van der Waals surface area contributed by atoms with Crippen molar-refractivity contribution in [3.05, 3.63) is 0 Å². The first kappa shape index (κ1) is 13.5. The van der Waals surface area contributed by atoms with Crippen molar-refractivity contribution in [1.29, 1.82) is 0 Å². The number of nitrogens with zero attached hydrogens (tertiary/aromatic N) is 1. The summed E-state index contributed by atoms with van der Waals surface area (Å²) in [4.78, 5) is 13.5. The minimum absolute atomic E-state index is 0.0451. The Morgan fingerprint density at radius 2 is 2.06 bits per heavy atom. The molecule has 0 atom stereocenters. The molecular formula is C12H23NO3. The number of methoxy groups -OCH3 is 1. The highest BCUT2D eigenvalue weighted by atomic mass is 16.5. The molecule has 4 heteroatoms. The van der Waals surface area contributed by atoms with Crippen molar-refractivity contribution in [2.24, 2.45) is 0 Å². The van der Waals surface area contributed by atoms with E-state index in [2.05, 4.69) is 0 Å². The lowest BCUT2D eigenvalue weighted by atomic mass is 9.77. The van der Waals surface area contributed by atoms with Gasteiger partial charge in [-0.15, -0.1) is 0 Å². The van der Waals surface area contributed by atoms with Gasteiger partial charge in [0.05, 0.1) is 17.6 Å². The Labute approximate surface area is 97.6 Å². The van der Waals surface area contributed by atoms with Crippen molar-refractivity contribution in [2.75, 3.05) is 20.7 Å². The Balaban J connectivity index is 2.45. The van der Waals surface area contributed by atoms with Gasteiger partial charge >= 0.3 is 0 Å². The molecule has 4 nitrogen and oxygen atoms in total. The molecule has 0 aromatic heterocycles. The lowest BCUT2D eigenvalue weighted by Gasteiger charge is -2.41. The van der Waals surface area contributed by atoms with Crippen molar-refractivity contribution in [1.82, 2.24) is 4.90 Å². The third-order valence-electron chi connectivity index (χ3n) is 3.22. The zero-order valence-corrected chi connectivity index (χ0v) is 10.7. The van der Waals surface area contributed by atoms with E-state index in [4.69, 9.17) is 4.74 Å². The van der Waals surface area contributed by atoms with Gasteiger partial charge in [0.1, 0.15) is 0 Å². The van der Waals surface area contributed by atoms with Crippen LogP contribution in [0.15, 0.2) is 0 Å². The van der Waals surface area contributed by atoms with Gasteiger partial charge in [0.25, 0.3) is 0 Å². The summed E-state index contributed by atoms with van der Waals surface area (Å²) in [6.07, 6.45) is 3.49. The van der Waals surface area contributed by atoms with E-state index in [0.29, 0.717) is 13.0 Å². The highest BCUT2D eigenvalue weighted by molar-refractivity contribution is 5.77. The normalized spacial score (nSPS) is 19.1. The average Bonchev–Trinajstić information content (AvgIpc) is 2.08. The molecule has 16 heavy (non-hydrogen) atoms. The van der Waals surface area contributed by atoms with Crippen LogP contribution in [0.25, 0.3) is 0 Å². The van der Waals surface area contributed by atoms with Crippen LogP contribution in [-0.2, 0) is 9.53 Å². The fraction of sp³-hybridized carbons (Fsp3) is 0.917. The van der Waals surface area contributed by atoms with Gasteiger partial charge in [0.2, 0.25) is 5.91 Å². The van der Waals surface area contributed by atoms with Crippen molar-refractivity contribution in [2.45, 2.75) is 50.7 Å². The smallest absolute Gasteiger partial charge is 0.225 e. The molecule has 0 unspecified atom stereocenters. The summed E-state index contributed by atoms with van der Waals surface area (Å²) in [6.45, 7) is 3.75. The molecule has 0 aliphatic heterocycles. The first-order valence-corrected chi connectivity index (χ1v) is 5.79. The van der Waals surface area contributed by atoms with Crippen LogP contribution in [0.3, 0.4) is 0 Å². The molecule has 0 aromatic carbocycles. The molecule has 0 spiro atoms. The summed E-state index contributed by atoms with van der Waals surface area (Å²) in [5, 5.41) is 9.64. The van der Waals surface area contributed by atoms with Crippen LogP contribution in [-0.4, -0.2) is 47.8 Å². The van der Waals surface area contributed by atoms with Gasteiger partial charge in [-0.05, 0) is 33.1 Å². The van der Waals surface area contributed by atoms with Gasteiger partial charge < -0.3 is 14.7 Å². The topological polar surface area (TPSA) is 49.8 Å². The van der Waals surface area contributed by atoms with E-state index in [0.717, 1.165) is 19.3 Å². The maximum absolute atomic E-state index is 11.9. The van der Waals surface area contributed by atoms with Crippen molar-refractivity contribution < 1.29 is 14.6 Å². The van der Waals surface area contributed by atoms with Crippen LogP contribution >= 0.6 is 0 Å². The van der Waals surface area contributed by atoms with Crippen molar-refractivity contribution in [3.63, 3.8) is 0 Å². The predicted molar refractivity (Wildman–Crippen MR) is 62.1 cm³/mol. The molecule has 1 amide bonds. The van der Waals surface area contributed by atoms with Crippen LogP contribution in [0.4, 0.5) is 0 Å². The fourth-order valence-electron chi connectivity index (χ4n) is 2.10. The zero-order valence-electron chi connectivity index (χ0n) is 10.7. The fourth-order valence-corrected chi connectivity index (χ4v) is 2.10. The van der Waals surface area contributed by atoms with Gasteiger partial charge in [-0.25, -0.2) is 0 Å². The number of amides is 1. The van der Waals surface area contributed by atoms with Gasteiger partial charge in [-0.3, -0.25) is 4.79 Å². The summed E-state index contributed by atoms with van der Waals surface area (Å²) in [7, 11) is 3.39. The number of carbonyl (C=O) groups is 1. The molecule has 1 fully saturated rings.